The number of carbonyl (C=O) groups excluding carboxylic acids is 1. The molecule has 1 aromatic heterocycles. The van der Waals surface area contributed by atoms with Gasteiger partial charge in [0, 0.05) is 10.6 Å². The third-order valence-corrected chi connectivity index (χ3v) is 4.17. The van der Waals surface area contributed by atoms with Gasteiger partial charge in [-0.2, -0.15) is 0 Å². The maximum absolute atomic E-state index is 11.9. The number of halogens is 1. The third-order valence-electron chi connectivity index (χ3n) is 2.90. The largest absolute Gasteiger partial charge is 0.477 e. The van der Waals surface area contributed by atoms with Gasteiger partial charge in [0.15, 0.2) is 0 Å². The van der Waals surface area contributed by atoms with E-state index in [1.165, 1.54) is 0 Å². The Labute approximate surface area is 137 Å². The average Bonchev–Trinajstić information content (AvgIpc) is 2.82. The van der Waals surface area contributed by atoms with Crippen LogP contribution in [0.2, 0.25) is 5.02 Å². The maximum Gasteiger partial charge on any atom is 0.346 e. The van der Waals surface area contributed by atoms with Crippen LogP contribution in [0.4, 0.5) is 0 Å². The lowest BCUT2D eigenvalue weighted by atomic mass is 10.00. The topological polar surface area (TPSA) is 63.6 Å². The Morgan fingerprint density at radius 3 is 2.45 bits per heavy atom. The van der Waals surface area contributed by atoms with Crippen molar-refractivity contribution in [2.45, 2.75) is 26.4 Å². The number of hydrogen-bond donors (Lipinski definition) is 1. The van der Waals surface area contributed by atoms with Crippen molar-refractivity contribution in [3.8, 4) is 11.1 Å². The Hall–Kier alpha value is -1.85. The van der Waals surface area contributed by atoms with Crippen molar-refractivity contribution in [1.29, 1.82) is 0 Å². The predicted octanol–water partition coefficient (Wildman–Crippen LogP) is 4.26. The molecule has 0 saturated heterocycles. The van der Waals surface area contributed by atoms with Gasteiger partial charge in [-0.1, -0.05) is 23.7 Å². The molecule has 0 saturated carbocycles. The number of benzene rings is 1. The molecule has 2 aromatic rings. The van der Waals surface area contributed by atoms with E-state index in [9.17, 15) is 14.7 Å². The van der Waals surface area contributed by atoms with Crippen LogP contribution in [0.5, 0.6) is 0 Å². The lowest BCUT2D eigenvalue weighted by molar-refractivity contribution is -0.146. The van der Waals surface area contributed by atoms with Crippen LogP contribution in [-0.4, -0.2) is 23.1 Å². The number of aromatic carboxylic acids is 1. The van der Waals surface area contributed by atoms with Crippen LogP contribution >= 0.6 is 22.9 Å². The highest BCUT2D eigenvalue weighted by molar-refractivity contribution is 7.12. The molecule has 6 heteroatoms. The van der Waals surface area contributed by atoms with Crippen LogP contribution in [-0.2, 0) is 16.0 Å². The van der Waals surface area contributed by atoms with Gasteiger partial charge in [-0.3, -0.25) is 4.79 Å². The van der Waals surface area contributed by atoms with E-state index in [1.807, 2.05) is 0 Å². The second kappa shape index (κ2) is 6.94. The number of carbonyl (C=O) groups is 2. The molecule has 1 N–H and O–H groups in total. The van der Waals surface area contributed by atoms with Crippen molar-refractivity contribution in [2.75, 3.05) is 0 Å². The first-order valence-corrected chi connectivity index (χ1v) is 7.93. The van der Waals surface area contributed by atoms with E-state index in [4.69, 9.17) is 16.3 Å². The minimum absolute atomic E-state index is 0.0416. The molecule has 22 heavy (non-hydrogen) atoms. The molecule has 0 aliphatic carbocycles. The van der Waals surface area contributed by atoms with Crippen LogP contribution in [0.25, 0.3) is 11.1 Å². The number of carboxylic acid groups (broad SMARTS) is 1. The summed E-state index contributed by atoms with van der Waals surface area (Å²) >= 11 is 6.97. The van der Waals surface area contributed by atoms with E-state index in [-0.39, 0.29) is 23.4 Å². The van der Waals surface area contributed by atoms with Gasteiger partial charge in [0.2, 0.25) is 0 Å². The summed E-state index contributed by atoms with van der Waals surface area (Å²) in [5.74, 6) is -1.39. The number of ether oxygens (including phenoxy) is 1. The summed E-state index contributed by atoms with van der Waals surface area (Å²) in [6.07, 6.45) is -0.163. The molecule has 0 unspecified atom stereocenters. The molecule has 116 valence electrons. The molecule has 0 atom stereocenters. The van der Waals surface area contributed by atoms with Crippen molar-refractivity contribution in [3.63, 3.8) is 0 Å². The molecular formula is C16H15ClO4S. The van der Waals surface area contributed by atoms with Gasteiger partial charge in [-0.05, 0) is 42.5 Å². The van der Waals surface area contributed by atoms with Crippen molar-refractivity contribution in [2.24, 2.45) is 0 Å². The SMILES string of the molecule is CC(C)OC(=O)Cc1csc(C(=O)O)c1-c1ccc(Cl)cc1. The molecule has 0 radical (unpaired) electrons. The van der Waals surface area contributed by atoms with Crippen molar-refractivity contribution in [1.82, 2.24) is 0 Å². The van der Waals surface area contributed by atoms with Gasteiger partial charge < -0.3 is 9.84 Å². The lowest BCUT2D eigenvalue weighted by Crippen LogP contribution is -2.13. The molecule has 2 rings (SSSR count). The summed E-state index contributed by atoms with van der Waals surface area (Å²) in [7, 11) is 0. The van der Waals surface area contributed by atoms with Gasteiger partial charge >= 0.3 is 11.9 Å². The van der Waals surface area contributed by atoms with Gasteiger partial charge in [0.25, 0.3) is 0 Å². The number of esters is 1. The fourth-order valence-electron chi connectivity index (χ4n) is 2.07. The monoisotopic (exact) mass is 338 g/mol. The number of hydrogen-bond acceptors (Lipinski definition) is 4. The fourth-order valence-corrected chi connectivity index (χ4v) is 3.13. The number of rotatable bonds is 5. The van der Waals surface area contributed by atoms with Gasteiger partial charge in [0.05, 0.1) is 12.5 Å². The summed E-state index contributed by atoms with van der Waals surface area (Å²) < 4.78 is 5.13. The van der Waals surface area contributed by atoms with Crippen LogP contribution in [0.15, 0.2) is 29.6 Å². The van der Waals surface area contributed by atoms with Gasteiger partial charge in [-0.15, -0.1) is 11.3 Å². The molecule has 0 amide bonds. The molecular weight excluding hydrogens is 324 g/mol. The average molecular weight is 339 g/mol. The molecule has 0 fully saturated rings. The zero-order chi connectivity index (χ0) is 16.3. The van der Waals surface area contributed by atoms with Crippen molar-refractivity contribution < 1.29 is 19.4 Å². The Balaban J connectivity index is 2.41. The zero-order valence-corrected chi connectivity index (χ0v) is 13.7. The first-order chi connectivity index (χ1) is 10.4. The van der Waals surface area contributed by atoms with E-state index >= 15 is 0 Å². The first kappa shape index (κ1) is 16.5. The van der Waals surface area contributed by atoms with Crippen LogP contribution in [0, 0.1) is 0 Å². The summed E-state index contributed by atoms with van der Waals surface area (Å²) in [6.45, 7) is 3.54. The Bertz CT molecular complexity index is 689. The normalized spacial score (nSPS) is 10.7. The lowest BCUT2D eigenvalue weighted by Gasteiger charge is -2.09. The minimum atomic E-state index is -1.02. The smallest absolute Gasteiger partial charge is 0.346 e. The fraction of sp³-hybridized carbons (Fsp3) is 0.250. The standard InChI is InChI=1S/C16H15ClO4S/c1-9(2)21-13(18)7-11-8-22-15(16(19)20)14(11)10-3-5-12(17)6-4-10/h3-6,8-9H,7H2,1-2H3,(H,19,20). The molecule has 0 bridgehead atoms. The molecule has 0 spiro atoms. The van der Waals surface area contributed by atoms with Crippen molar-refractivity contribution in [3.05, 3.63) is 45.1 Å². The van der Waals surface area contributed by atoms with Crippen LogP contribution in [0.3, 0.4) is 0 Å². The van der Waals surface area contributed by atoms with Crippen LogP contribution < -0.4 is 0 Å². The highest BCUT2D eigenvalue weighted by Gasteiger charge is 2.21. The van der Waals surface area contributed by atoms with Crippen molar-refractivity contribution >= 4 is 34.9 Å². The second-order valence-corrected chi connectivity index (χ2v) is 6.31. The Kier molecular flexibility index (Phi) is 5.21. The van der Waals surface area contributed by atoms with Gasteiger partial charge in [-0.25, -0.2) is 4.79 Å². The van der Waals surface area contributed by atoms with E-state index in [0.29, 0.717) is 16.1 Å². The predicted molar refractivity (Wildman–Crippen MR) is 86.7 cm³/mol. The Morgan fingerprint density at radius 2 is 1.91 bits per heavy atom. The van der Waals surface area contributed by atoms with Crippen LogP contribution in [0.1, 0.15) is 29.1 Å². The highest BCUT2D eigenvalue weighted by Crippen LogP contribution is 2.34. The summed E-state index contributed by atoms with van der Waals surface area (Å²) in [6, 6.07) is 6.87. The zero-order valence-electron chi connectivity index (χ0n) is 12.1. The molecule has 0 aliphatic rings. The maximum atomic E-state index is 11.9. The summed E-state index contributed by atoms with van der Waals surface area (Å²) in [4.78, 5) is 23.5. The summed E-state index contributed by atoms with van der Waals surface area (Å²) in [5, 5.41) is 11.6. The first-order valence-electron chi connectivity index (χ1n) is 6.67. The minimum Gasteiger partial charge on any atom is -0.477 e. The Morgan fingerprint density at radius 1 is 1.27 bits per heavy atom. The quantitative estimate of drug-likeness (QED) is 0.827. The highest BCUT2D eigenvalue weighted by atomic mass is 35.5. The molecule has 4 nitrogen and oxygen atoms in total. The number of thiophene rings is 1. The second-order valence-electron chi connectivity index (χ2n) is 4.99. The molecule has 0 aliphatic heterocycles. The third kappa shape index (κ3) is 3.87. The van der Waals surface area contributed by atoms with E-state index in [2.05, 4.69) is 0 Å². The molecule has 1 aromatic carbocycles. The molecule has 1 heterocycles. The number of carboxylic acids is 1. The van der Waals surface area contributed by atoms with Gasteiger partial charge in [0.1, 0.15) is 4.88 Å². The summed E-state index contributed by atoms with van der Waals surface area (Å²) in [5.41, 5.74) is 1.92. The van der Waals surface area contributed by atoms with E-state index in [0.717, 1.165) is 16.9 Å². The van der Waals surface area contributed by atoms with E-state index < -0.39 is 5.97 Å². The van der Waals surface area contributed by atoms with E-state index in [1.54, 1.807) is 43.5 Å².